The number of nitrogens with one attached hydrogen (secondary N) is 2. The standard InChI is InChI=1S/C24H21F3N4O3/c25-24(26,27)10-9-20(32)16-6-4-5-15(11-16)19-13-21(29-23(34)17-12-22(33)28-14-17)30-31(19)18-7-2-1-3-8-18/h1-8,11,13,17H,9-10,12,14H2,(H,28,33)(H,29,30,34)/t17-/m0/s1. The van der Waals surface area contributed by atoms with Crippen LogP contribution in [0.2, 0.25) is 0 Å². The second kappa shape index (κ2) is 9.50. The van der Waals surface area contributed by atoms with Gasteiger partial charge in [-0.1, -0.05) is 36.4 Å². The highest BCUT2D eigenvalue weighted by Gasteiger charge is 2.29. The van der Waals surface area contributed by atoms with Crippen LogP contribution in [0.4, 0.5) is 19.0 Å². The van der Waals surface area contributed by atoms with Crippen molar-refractivity contribution in [2.24, 2.45) is 5.92 Å². The van der Waals surface area contributed by atoms with Crippen molar-refractivity contribution in [1.29, 1.82) is 0 Å². The first-order valence-electron chi connectivity index (χ1n) is 10.6. The molecular weight excluding hydrogens is 449 g/mol. The Morgan fingerprint density at radius 3 is 2.53 bits per heavy atom. The molecule has 2 aromatic carbocycles. The number of hydrogen-bond acceptors (Lipinski definition) is 4. The van der Waals surface area contributed by atoms with E-state index in [0.717, 1.165) is 0 Å². The number of rotatable bonds is 7. The van der Waals surface area contributed by atoms with Crippen molar-refractivity contribution in [3.05, 3.63) is 66.2 Å². The molecule has 1 aliphatic heterocycles. The Labute approximate surface area is 193 Å². The molecule has 1 fully saturated rings. The summed E-state index contributed by atoms with van der Waals surface area (Å²) in [6.45, 7) is 0.249. The van der Waals surface area contributed by atoms with Gasteiger partial charge in [0.2, 0.25) is 11.8 Å². The number of ketones is 1. The Balaban J connectivity index is 1.64. The zero-order chi connectivity index (χ0) is 24.3. The molecule has 7 nitrogen and oxygen atoms in total. The van der Waals surface area contributed by atoms with Gasteiger partial charge in [-0.3, -0.25) is 14.4 Å². The van der Waals surface area contributed by atoms with Gasteiger partial charge in [-0.2, -0.15) is 13.2 Å². The number of Topliss-reactive ketones (excluding diaryl/α,β-unsaturated/α-hetero) is 1. The number of carbonyl (C=O) groups is 3. The van der Waals surface area contributed by atoms with Crippen LogP contribution in [0.3, 0.4) is 0 Å². The van der Waals surface area contributed by atoms with Gasteiger partial charge in [-0.05, 0) is 18.2 Å². The number of benzene rings is 2. The van der Waals surface area contributed by atoms with Crippen LogP contribution in [0.25, 0.3) is 16.9 Å². The quantitative estimate of drug-likeness (QED) is 0.508. The van der Waals surface area contributed by atoms with Crippen LogP contribution in [0.5, 0.6) is 0 Å². The molecule has 3 aromatic rings. The predicted molar refractivity (Wildman–Crippen MR) is 118 cm³/mol. The molecule has 0 aliphatic carbocycles. The fourth-order valence-corrected chi connectivity index (χ4v) is 3.68. The predicted octanol–water partition coefficient (Wildman–Crippen LogP) is 4.14. The van der Waals surface area contributed by atoms with Gasteiger partial charge in [0, 0.05) is 36.6 Å². The van der Waals surface area contributed by atoms with Gasteiger partial charge in [0.15, 0.2) is 11.6 Å². The maximum Gasteiger partial charge on any atom is 0.389 e. The van der Waals surface area contributed by atoms with Crippen LogP contribution in [-0.2, 0) is 9.59 Å². The van der Waals surface area contributed by atoms with Crippen LogP contribution in [-0.4, -0.2) is 40.1 Å². The van der Waals surface area contributed by atoms with Gasteiger partial charge in [0.05, 0.1) is 23.7 Å². The fraction of sp³-hybridized carbons (Fsp3) is 0.250. The SMILES string of the molecule is O=C1C[C@H](C(=O)Nc2cc(-c3cccc(C(=O)CCC(F)(F)F)c3)n(-c3ccccc3)n2)CN1. The third-order valence-electron chi connectivity index (χ3n) is 5.43. The van der Waals surface area contributed by atoms with Crippen molar-refractivity contribution in [2.75, 3.05) is 11.9 Å². The molecule has 10 heteroatoms. The van der Waals surface area contributed by atoms with Crippen molar-refractivity contribution >= 4 is 23.4 Å². The van der Waals surface area contributed by atoms with E-state index in [1.165, 1.54) is 12.1 Å². The molecule has 176 valence electrons. The lowest BCUT2D eigenvalue weighted by atomic mass is 10.0. The smallest absolute Gasteiger partial charge is 0.355 e. The number of alkyl halides is 3. The van der Waals surface area contributed by atoms with E-state index >= 15 is 0 Å². The van der Waals surface area contributed by atoms with Gasteiger partial charge in [0.25, 0.3) is 0 Å². The first-order valence-corrected chi connectivity index (χ1v) is 10.6. The van der Waals surface area contributed by atoms with Gasteiger partial charge < -0.3 is 10.6 Å². The Kier molecular flexibility index (Phi) is 6.49. The Bertz CT molecular complexity index is 1220. The minimum Gasteiger partial charge on any atom is -0.355 e. The lowest BCUT2D eigenvalue weighted by Crippen LogP contribution is -2.24. The highest BCUT2D eigenvalue weighted by atomic mass is 19.4. The Hall–Kier alpha value is -3.95. The van der Waals surface area contributed by atoms with Crippen molar-refractivity contribution in [3.63, 3.8) is 0 Å². The molecule has 0 radical (unpaired) electrons. The summed E-state index contributed by atoms with van der Waals surface area (Å²) < 4.78 is 39.2. The van der Waals surface area contributed by atoms with Crippen molar-refractivity contribution in [3.8, 4) is 16.9 Å². The van der Waals surface area contributed by atoms with E-state index in [4.69, 9.17) is 0 Å². The molecule has 2 heterocycles. The van der Waals surface area contributed by atoms with Crippen LogP contribution in [0, 0.1) is 5.92 Å². The Morgan fingerprint density at radius 2 is 1.85 bits per heavy atom. The third-order valence-corrected chi connectivity index (χ3v) is 5.43. The minimum atomic E-state index is -4.41. The van der Waals surface area contributed by atoms with Gasteiger partial charge in [-0.15, -0.1) is 5.10 Å². The first-order chi connectivity index (χ1) is 16.2. The molecule has 1 saturated heterocycles. The highest BCUT2D eigenvalue weighted by Crippen LogP contribution is 2.28. The molecule has 1 aromatic heterocycles. The molecule has 0 unspecified atom stereocenters. The van der Waals surface area contributed by atoms with Crippen molar-refractivity contribution < 1.29 is 27.6 Å². The largest absolute Gasteiger partial charge is 0.389 e. The van der Waals surface area contributed by atoms with E-state index in [-0.39, 0.29) is 36.2 Å². The molecule has 4 rings (SSSR count). The van der Waals surface area contributed by atoms with Gasteiger partial charge in [0.1, 0.15) is 0 Å². The topological polar surface area (TPSA) is 93.1 Å². The number of carbonyl (C=O) groups excluding carboxylic acids is 3. The summed E-state index contributed by atoms with van der Waals surface area (Å²) in [5.74, 6) is -1.41. The van der Waals surface area contributed by atoms with E-state index in [2.05, 4.69) is 15.7 Å². The molecule has 1 aliphatic rings. The van der Waals surface area contributed by atoms with Crippen LogP contribution < -0.4 is 10.6 Å². The summed E-state index contributed by atoms with van der Waals surface area (Å²) in [6, 6.07) is 17.0. The molecular formula is C24H21F3N4O3. The number of para-hydroxylation sites is 1. The fourth-order valence-electron chi connectivity index (χ4n) is 3.68. The summed E-state index contributed by atoms with van der Waals surface area (Å²) in [5.41, 5.74) is 1.92. The zero-order valence-corrected chi connectivity index (χ0v) is 17.9. The number of anilines is 1. The van der Waals surface area contributed by atoms with Gasteiger partial charge >= 0.3 is 6.18 Å². The second-order valence-electron chi connectivity index (χ2n) is 7.98. The third kappa shape index (κ3) is 5.51. The number of hydrogen-bond donors (Lipinski definition) is 2. The van der Waals surface area contributed by atoms with E-state index in [9.17, 15) is 27.6 Å². The van der Waals surface area contributed by atoms with Gasteiger partial charge in [-0.25, -0.2) is 4.68 Å². The van der Waals surface area contributed by atoms with E-state index < -0.39 is 30.7 Å². The monoisotopic (exact) mass is 470 g/mol. The molecule has 2 N–H and O–H groups in total. The minimum absolute atomic E-state index is 0.0974. The Morgan fingerprint density at radius 1 is 1.09 bits per heavy atom. The summed E-state index contributed by atoms with van der Waals surface area (Å²) in [4.78, 5) is 36.3. The van der Waals surface area contributed by atoms with Crippen molar-refractivity contribution in [1.82, 2.24) is 15.1 Å². The molecule has 0 spiro atoms. The number of nitrogens with zero attached hydrogens (tertiary/aromatic N) is 2. The maximum atomic E-state index is 12.6. The molecule has 1 atom stereocenters. The van der Waals surface area contributed by atoms with E-state index in [1.807, 2.05) is 18.2 Å². The second-order valence-corrected chi connectivity index (χ2v) is 7.98. The van der Waals surface area contributed by atoms with Crippen LogP contribution >= 0.6 is 0 Å². The summed E-state index contributed by atoms with van der Waals surface area (Å²) in [7, 11) is 0. The normalized spacial score (nSPS) is 15.7. The average Bonchev–Trinajstić information content (AvgIpc) is 3.44. The first kappa shape index (κ1) is 23.2. The lowest BCUT2D eigenvalue weighted by Gasteiger charge is -2.09. The number of amides is 2. The van der Waals surface area contributed by atoms with Crippen LogP contribution in [0.15, 0.2) is 60.7 Å². The summed E-state index contributed by atoms with van der Waals surface area (Å²) >= 11 is 0. The molecule has 0 bridgehead atoms. The van der Waals surface area contributed by atoms with E-state index in [1.54, 1.807) is 35.0 Å². The summed E-state index contributed by atoms with van der Waals surface area (Å²) in [6.07, 6.45) is -6.14. The molecule has 0 saturated carbocycles. The highest BCUT2D eigenvalue weighted by molar-refractivity contribution is 5.98. The maximum absolute atomic E-state index is 12.6. The molecule has 2 amide bonds. The van der Waals surface area contributed by atoms with E-state index in [0.29, 0.717) is 16.9 Å². The van der Waals surface area contributed by atoms with Crippen molar-refractivity contribution in [2.45, 2.75) is 25.4 Å². The number of halogens is 3. The average molecular weight is 470 g/mol. The summed E-state index contributed by atoms with van der Waals surface area (Å²) in [5, 5.41) is 9.81. The van der Waals surface area contributed by atoms with Crippen LogP contribution in [0.1, 0.15) is 29.6 Å². The zero-order valence-electron chi connectivity index (χ0n) is 17.9. The molecule has 34 heavy (non-hydrogen) atoms. The number of aromatic nitrogens is 2. The lowest BCUT2D eigenvalue weighted by molar-refractivity contribution is -0.133.